The van der Waals surface area contributed by atoms with Crippen LogP contribution in [0.25, 0.3) is 0 Å². The minimum atomic E-state index is -1.20. The highest BCUT2D eigenvalue weighted by molar-refractivity contribution is 6.03. The molecule has 0 spiro atoms. The summed E-state index contributed by atoms with van der Waals surface area (Å²) in [7, 11) is 0. The lowest BCUT2D eigenvalue weighted by Crippen LogP contribution is -2.46. The Hall–Kier alpha value is -2.43. The third-order valence-electron chi connectivity index (χ3n) is 8.18. The highest BCUT2D eigenvalue weighted by atomic mass is 16.6. The molecule has 192 valence electrons. The van der Waals surface area contributed by atoms with Gasteiger partial charge in [-0.2, -0.15) is 0 Å². The van der Waals surface area contributed by atoms with Crippen LogP contribution in [-0.2, 0) is 23.9 Å². The fraction of sp³-hybridized carbons (Fsp3) is 0.633. The van der Waals surface area contributed by atoms with Gasteiger partial charge in [0, 0.05) is 18.9 Å². The largest absolute Gasteiger partial charge is 0.455 e. The zero-order chi connectivity index (χ0) is 26.0. The Morgan fingerprint density at radius 3 is 2.51 bits per heavy atom. The predicted molar refractivity (Wildman–Crippen MR) is 137 cm³/mol. The second-order valence-electron chi connectivity index (χ2n) is 11.4. The quantitative estimate of drug-likeness (QED) is 0.192. The van der Waals surface area contributed by atoms with E-state index in [1.54, 1.807) is 6.08 Å². The average molecular weight is 483 g/mol. The van der Waals surface area contributed by atoms with E-state index in [1.165, 1.54) is 13.0 Å². The molecule has 5 heteroatoms. The van der Waals surface area contributed by atoms with E-state index in [0.29, 0.717) is 24.3 Å². The first kappa shape index (κ1) is 27.2. The maximum atomic E-state index is 13.8. The first-order chi connectivity index (χ1) is 16.4. The van der Waals surface area contributed by atoms with Gasteiger partial charge in [-0.15, -0.1) is 0 Å². The van der Waals surface area contributed by atoms with Gasteiger partial charge in [0.15, 0.2) is 5.60 Å². The molecule has 0 heterocycles. The molecule has 0 aromatic rings. The van der Waals surface area contributed by atoms with Crippen molar-refractivity contribution in [2.75, 3.05) is 0 Å². The van der Waals surface area contributed by atoms with E-state index in [2.05, 4.69) is 33.8 Å². The second-order valence-corrected chi connectivity index (χ2v) is 11.4. The van der Waals surface area contributed by atoms with Crippen LogP contribution in [0.4, 0.5) is 0 Å². The van der Waals surface area contributed by atoms with E-state index >= 15 is 0 Å². The first-order valence-corrected chi connectivity index (χ1v) is 13.1. The van der Waals surface area contributed by atoms with Crippen molar-refractivity contribution in [2.45, 2.75) is 92.3 Å². The summed E-state index contributed by atoms with van der Waals surface area (Å²) in [5, 5.41) is 0. The molecule has 3 aliphatic carbocycles. The van der Waals surface area contributed by atoms with Crippen molar-refractivity contribution in [3.05, 3.63) is 47.6 Å². The van der Waals surface area contributed by atoms with Crippen LogP contribution in [0, 0.1) is 29.1 Å². The number of fused-ring (bicyclic) bond motifs is 2. The van der Waals surface area contributed by atoms with Crippen LogP contribution in [0.2, 0.25) is 0 Å². The van der Waals surface area contributed by atoms with Crippen molar-refractivity contribution >= 4 is 17.7 Å². The lowest BCUT2D eigenvalue weighted by Gasteiger charge is -2.33. The minimum absolute atomic E-state index is 0.00136. The summed E-state index contributed by atoms with van der Waals surface area (Å²) in [6.45, 7) is 13.8. The molecule has 3 aliphatic rings. The third kappa shape index (κ3) is 5.87. The second kappa shape index (κ2) is 10.7. The molecule has 6 atom stereocenters. The summed E-state index contributed by atoms with van der Waals surface area (Å²) >= 11 is 0. The summed E-state index contributed by atoms with van der Waals surface area (Å²) in [5.74, 6) is -0.438. The Morgan fingerprint density at radius 1 is 1.14 bits per heavy atom. The molecule has 35 heavy (non-hydrogen) atoms. The highest BCUT2D eigenvalue weighted by Gasteiger charge is 2.59. The fourth-order valence-electron chi connectivity index (χ4n) is 6.14. The van der Waals surface area contributed by atoms with E-state index in [4.69, 9.17) is 9.47 Å². The Morgan fingerprint density at radius 2 is 1.86 bits per heavy atom. The summed E-state index contributed by atoms with van der Waals surface area (Å²) < 4.78 is 11.9. The zero-order valence-electron chi connectivity index (χ0n) is 22.4. The molecule has 0 amide bonds. The van der Waals surface area contributed by atoms with Crippen LogP contribution in [0.1, 0.15) is 80.6 Å². The lowest BCUT2D eigenvalue weighted by molar-refractivity contribution is -0.166. The fourth-order valence-corrected chi connectivity index (χ4v) is 6.14. The van der Waals surface area contributed by atoms with Gasteiger partial charge in [0.25, 0.3) is 0 Å². The van der Waals surface area contributed by atoms with Gasteiger partial charge in [-0.25, -0.2) is 4.79 Å². The Labute approximate surface area is 210 Å². The standard InChI is InChI=1S/C30H42O5/c1-8-9-10-11-12-13-27(32)34-26-17-25-24(29(25,6)7)16-21(4)28(33)30(35-22(5)31)18-19(2)14-23(30)15-20(26)3/h10-13,15-16,19,23-26H,8-9,14,17-18H2,1-7H3/b11-10?,13-12+,20-15?,21-16?. The van der Waals surface area contributed by atoms with Gasteiger partial charge < -0.3 is 9.47 Å². The van der Waals surface area contributed by atoms with Crippen molar-refractivity contribution in [3.63, 3.8) is 0 Å². The number of hydrogen-bond donors (Lipinski definition) is 0. The molecule has 0 aromatic carbocycles. The maximum absolute atomic E-state index is 13.8. The first-order valence-electron chi connectivity index (χ1n) is 13.1. The maximum Gasteiger partial charge on any atom is 0.331 e. The SMILES string of the molecule is CCCC=C/C=C/C(=O)OC1CC2C(C=C(C)C(=O)C3(OC(C)=O)CC(C)CC3C=C1C)C2(C)C. The number of esters is 2. The van der Waals surface area contributed by atoms with Crippen molar-refractivity contribution in [2.24, 2.45) is 29.1 Å². The Kier molecular flexibility index (Phi) is 8.28. The number of rotatable bonds is 6. The number of ether oxygens (including phenoxy) is 2. The van der Waals surface area contributed by atoms with Crippen LogP contribution < -0.4 is 0 Å². The number of carbonyl (C=O) groups is 3. The molecular formula is C30H42O5. The molecule has 2 fully saturated rings. The number of Topliss-reactive ketones (excluding diaryl/α,β-unsaturated/α-hetero) is 1. The molecule has 2 saturated carbocycles. The Balaban J connectivity index is 1.98. The highest BCUT2D eigenvalue weighted by Crippen LogP contribution is 2.62. The molecule has 0 aromatic heterocycles. The van der Waals surface area contributed by atoms with Crippen molar-refractivity contribution in [1.29, 1.82) is 0 Å². The molecule has 0 radical (unpaired) electrons. The molecule has 3 rings (SSSR count). The van der Waals surface area contributed by atoms with Gasteiger partial charge in [0.1, 0.15) is 6.10 Å². The van der Waals surface area contributed by atoms with E-state index in [1.807, 2.05) is 32.1 Å². The van der Waals surface area contributed by atoms with Crippen LogP contribution in [0.3, 0.4) is 0 Å². The summed E-state index contributed by atoms with van der Waals surface area (Å²) in [6, 6.07) is 0. The van der Waals surface area contributed by atoms with Gasteiger partial charge in [0.2, 0.25) is 5.78 Å². The van der Waals surface area contributed by atoms with E-state index in [9.17, 15) is 14.4 Å². The number of carbonyl (C=O) groups excluding carboxylic acids is 3. The van der Waals surface area contributed by atoms with E-state index in [0.717, 1.165) is 24.8 Å². The van der Waals surface area contributed by atoms with Crippen LogP contribution in [-0.4, -0.2) is 29.4 Å². The number of hydrogen-bond acceptors (Lipinski definition) is 5. The number of ketones is 1. The van der Waals surface area contributed by atoms with Crippen molar-refractivity contribution in [3.8, 4) is 0 Å². The average Bonchev–Trinajstić information content (AvgIpc) is 3.10. The number of unbranched alkanes of at least 4 members (excludes halogenated alkanes) is 1. The van der Waals surface area contributed by atoms with Crippen LogP contribution in [0.5, 0.6) is 0 Å². The molecule has 0 aliphatic heterocycles. The van der Waals surface area contributed by atoms with E-state index in [-0.39, 0.29) is 34.9 Å². The number of allylic oxidation sites excluding steroid dienone is 4. The normalized spacial score (nSPS) is 34.5. The third-order valence-corrected chi connectivity index (χ3v) is 8.18. The molecule has 6 unspecified atom stereocenters. The summed E-state index contributed by atoms with van der Waals surface area (Å²) in [6.07, 6.45) is 14.8. The predicted octanol–water partition coefficient (Wildman–Crippen LogP) is 6.30. The molecule has 0 N–H and O–H groups in total. The van der Waals surface area contributed by atoms with Crippen molar-refractivity contribution < 1.29 is 23.9 Å². The van der Waals surface area contributed by atoms with E-state index < -0.39 is 17.7 Å². The minimum Gasteiger partial charge on any atom is -0.455 e. The van der Waals surface area contributed by atoms with Gasteiger partial charge in [-0.05, 0) is 73.8 Å². The molecule has 0 saturated heterocycles. The van der Waals surface area contributed by atoms with Gasteiger partial charge in [-0.3, -0.25) is 9.59 Å². The van der Waals surface area contributed by atoms with Crippen molar-refractivity contribution in [1.82, 2.24) is 0 Å². The topological polar surface area (TPSA) is 69.7 Å². The Bertz CT molecular complexity index is 965. The molecule has 0 bridgehead atoms. The zero-order valence-corrected chi connectivity index (χ0v) is 22.4. The van der Waals surface area contributed by atoms with Gasteiger partial charge >= 0.3 is 11.9 Å². The molecular weight excluding hydrogens is 440 g/mol. The smallest absolute Gasteiger partial charge is 0.331 e. The van der Waals surface area contributed by atoms with Crippen LogP contribution in [0.15, 0.2) is 47.6 Å². The lowest BCUT2D eigenvalue weighted by atomic mass is 9.81. The van der Waals surface area contributed by atoms with Crippen LogP contribution >= 0.6 is 0 Å². The molecule has 5 nitrogen and oxygen atoms in total. The monoisotopic (exact) mass is 482 g/mol. The summed E-state index contributed by atoms with van der Waals surface area (Å²) in [5.41, 5.74) is 0.373. The van der Waals surface area contributed by atoms with Gasteiger partial charge in [-0.1, -0.05) is 64.5 Å². The van der Waals surface area contributed by atoms with Gasteiger partial charge in [0.05, 0.1) is 0 Å². The summed E-state index contributed by atoms with van der Waals surface area (Å²) in [4.78, 5) is 38.7.